The van der Waals surface area contributed by atoms with Gasteiger partial charge in [0.2, 0.25) is 0 Å². The Morgan fingerprint density at radius 1 is 1.70 bits per heavy atom. The topological polar surface area (TPSA) is 31.9 Å². The summed E-state index contributed by atoms with van der Waals surface area (Å²) in [5, 5.41) is 6.96. The number of aromatic nitrogens is 2. The molecule has 0 fully saturated rings. The lowest BCUT2D eigenvalue weighted by Gasteiger charge is -2.20. The van der Waals surface area contributed by atoms with Gasteiger partial charge in [-0.25, -0.2) is 0 Å². The molecule has 1 aromatic rings. The standard InChI is InChI=1S/C6H8IN3/c7-10-3-1-2-5-4-8-9-6(5)10/h4H,1-3H2,(H,8,9). The lowest BCUT2D eigenvalue weighted by molar-refractivity contribution is 0.802. The lowest BCUT2D eigenvalue weighted by Crippen LogP contribution is -2.18. The average molecular weight is 249 g/mol. The van der Waals surface area contributed by atoms with Crippen LogP contribution in [0.25, 0.3) is 0 Å². The van der Waals surface area contributed by atoms with E-state index in [1.165, 1.54) is 24.2 Å². The number of hydrogen-bond donors (Lipinski definition) is 1. The summed E-state index contributed by atoms with van der Waals surface area (Å²) in [7, 11) is 0. The second-order valence-corrected chi connectivity index (χ2v) is 3.60. The van der Waals surface area contributed by atoms with Crippen LogP contribution in [0.3, 0.4) is 0 Å². The minimum absolute atomic E-state index is 1.13. The number of aryl methyl sites for hydroxylation is 1. The first-order valence-corrected chi connectivity index (χ1v) is 4.30. The third kappa shape index (κ3) is 0.902. The van der Waals surface area contributed by atoms with Crippen molar-refractivity contribution < 1.29 is 0 Å². The van der Waals surface area contributed by atoms with Gasteiger partial charge in [-0.3, -0.25) is 8.21 Å². The summed E-state index contributed by atoms with van der Waals surface area (Å²) in [6.07, 6.45) is 4.33. The summed E-state index contributed by atoms with van der Waals surface area (Å²) >= 11 is 2.31. The van der Waals surface area contributed by atoms with Crippen molar-refractivity contribution in [3.05, 3.63) is 11.8 Å². The molecule has 0 radical (unpaired) electrons. The summed E-state index contributed by atoms with van der Waals surface area (Å²) in [6.45, 7) is 1.13. The molecule has 54 valence electrons. The van der Waals surface area contributed by atoms with Crippen LogP contribution in [0.2, 0.25) is 0 Å². The van der Waals surface area contributed by atoms with E-state index in [0.717, 1.165) is 6.54 Å². The molecule has 0 spiro atoms. The van der Waals surface area contributed by atoms with Crippen molar-refractivity contribution in [2.45, 2.75) is 12.8 Å². The fourth-order valence-corrected chi connectivity index (χ4v) is 1.98. The Labute approximate surface area is 73.3 Å². The predicted octanol–water partition coefficient (Wildman–Crippen LogP) is 1.51. The molecule has 4 heteroatoms. The van der Waals surface area contributed by atoms with E-state index in [1.54, 1.807) is 0 Å². The molecule has 0 amide bonds. The second-order valence-electron chi connectivity index (χ2n) is 2.43. The van der Waals surface area contributed by atoms with Crippen molar-refractivity contribution in [2.24, 2.45) is 0 Å². The number of aromatic amines is 1. The molecular weight excluding hydrogens is 241 g/mol. The van der Waals surface area contributed by atoms with E-state index in [1.807, 2.05) is 6.20 Å². The number of halogens is 1. The molecule has 1 aromatic heterocycles. The summed E-state index contributed by atoms with van der Waals surface area (Å²) in [4.78, 5) is 0. The first-order chi connectivity index (χ1) is 4.88. The van der Waals surface area contributed by atoms with Crippen LogP contribution in [0.1, 0.15) is 12.0 Å². The summed E-state index contributed by atoms with van der Waals surface area (Å²) in [6, 6.07) is 0. The van der Waals surface area contributed by atoms with Crippen molar-refractivity contribution in [1.82, 2.24) is 10.2 Å². The highest BCUT2D eigenvalue weighted by atomic mass is 127. The Kier molecular flexibility index (Phi) is 1.55. The zero-order chi connectivity index (χ0) is 6.97. The van der Waals surface area contributed by atoms with E-state index in [9.17, 15) is 0 Å². The van der Waals surface area contributed by atoms with Crippen LogP contribution in [0.5, 0.6) is 0 Å². The molecule has 0 bridgehead atoms. The maximum atomic E-state index is 3.98. The van der Waals surface area contributed by atoms with Gasteiger partial charge in [-0.1, -0.05) is 0 Å². The van der Waals surface area contributed by atoms with E-state index < -0.39 is 0 Å². The molecule has 1 aliphatic rings. The number of rotatable bonds is 0. The molecule has 0 unspecified atom stereocenters. The fourth-order valence-electron chi connectivity index (χ4n) is 1.22. The number of nitrogens with one attached hydrogen (secondary N) is 1. The molecule has 0 aromatic carbocycles. The van der Waals surface area contributed by atoms with E-state index in [-0.39, 0.29) is 0 Å². The third-order valence-corrected chi connectivity index (χ3v) is 2.70. The van der Waals surface area contributed by atoms with Gasteiger partial charge in [0.15, 0.2) is 0 Å². The molecule has 1 N–H and O–H groups in total. The first kappa shape index (κ1) is 6.45. The summed E-state index contributed by atoms with van der Waals surface area (Å²) in [5.41, 5.74) is 1.35. The van der Waals surface area contributed by atoms with Gasteiger partial charge in [-0.15, -0.1) is 0 Å². The molecule has 0 saturated carbocycles. The molecule has 1 aliphatic heterocycles. The average Bonchev–Trinajstić information content (AvgIpc) is 2.36. The van der Waals surface area contributed by atoms with E-state index in [2.05, 4.69) is 36.2 Å². The predicted molar refractivity (Wildman–Crippen MR) is 48.3 cm³/mol. The monoisotopic (exact) mass is 249 g/mol. The quantitative estimate of drug-likeness (QED) is 0.558. The highest BCUT2D eigenvalue weighted by Crippen LogP contribution is 2.26. The molecule has 0 atom stereocenters. The van der Waals surface area contributed by atoms with Crippen LogP contribution in [-0.4, -0.2) is 16.7 Å². The number of nitrogens with zero attached hydrogens (tertiary/aromatic N) is 2. The Morgan fingerprint density at radius 3 is 3.40 bits per heavy atom. The lowest BCUT2D eigenvalue weighted by atomic mass is 10.1. The van der Waals surface area contributed by atoms with Gasteiger partial charge < -0.3 is 0 Å². The highest BCUT2D eigenvalue weighted by Gasteiger charge is 2.15. The fraction of sp³-hybridized carbons (Fsp3) is 0.500. The number of anilines is 1. The van der Waals surface area contributed by atoms with Gasteiger partial charge in [0, 0.05) is 12.1 Å². The normalized spacial score (nSPS) is 17.1. The maximum Gasteiger partial charge on any atom is 0.136 e. The zero-order valence-corrected chi connectivity index (χ0v) is 7.63. The minimum atomic E-state index is 1.13. The van der Waals surface area contributed by atoms with Crippen molar-refractivity contribution in [2.75, 3.05) is 9.66 Å². The Hall–Kier alpha value is -0.260. The number of hydrogen-bond acceptors (Lipinski definition) is 2. The molecular formula is C6H8IN3. The van der Waals surface area contributed by atoms with Gasteiger partial charge in [0.1, 0.15) is 5.82 Å². The van der Waals surface area contributed by atoms with Crippen LogP contribution in [-0.2, 0) is 6.42 Å². The van der Waals surface area contributed by atoms with Crippen molar-refractivity contribution in [3.63, 3.8) is 0 Å². The Balaban J connectivity index is 2.41. The van der Waals surface area contributed by atoms with Gasteiger partial charge in [0.05, 0.1) is 29.1 Å². The van der Waals surface area contributed by atoms with Crippen LogP contribution >= 0.6 is 22.9 Å². The van der Waals surface area contributed by atoms with Crippen LogP contribution < -0.4 is 3.11 Å². The first-order valence-electron chi connectivity index (χ1n) is 3.33. The number of fused-ring (bicyclic) bond motifs is 1. The van der Waals surface area contributed by atoms with Gasteiger partial charge in [-0.05, 0) is 12.8 Å². The molecule has 2 heterocycles. The summed E-state index contributed by atoms with van der Waals surface area (Å²) < 4.78 is 2.18. The molecule has 3 nitrogen and oxygen atoms in total. The molecule has 10 heavy (non-hydrogen) atoms. The minimum Gasteiger partial charge on any atom is -0.299 e. The smallest absolute Gasteiger partial charge is 0.136 e. The molecule has 2 rings (SSSR count). The van der Waals surface area contributed by atoms with Crippen LogP contribution in [0.4, 0.5) is 5.82 Å². The largest absolute Gasteiger partial charge is 0.299 e. The van der Waals surface area contributed by atoms with Crippen LogP contribution in [0.15, 0.2) is 6.20 Å². The van der Waals surface area contributed by atoms with Crippen LogP contribution in [0, 0.1) is 0 Å². The highest BCUT2D eigenvalue weighted by molar-refractivity contribution is 14.1. The zero-order valence-electron chi connectivity index (χ0n) is 5.47. The maximum absolute atomic E-state index is 3.98. The second kappa shape index (κ2) is 2.41. The van der Waals surface area contributed by atoms with E-state index in [4.69, 9.17) is 0 Å². The van der Waals surface area contributed by atoms with E-state index >= 15 is 0 Å². The van der Waals surface area contributed by atoms with Crippen molar-refractivity contribution in [1.29, 1.82) is 0 Å². The van der Waals surface area contributed by atoms with Gasteiger partial charge in [-0.2, -0.15) is 5.10 Å². The Morgan fingerprint density at radius 2 is 2.60 bits per heavy atom. The van der Waals surface area contributed by atoms with E-state index in [0.29, 0.717) is 0 Å². The van der Waals surface area contributed by atoms with Crippen molar-refractivity contribution >= 4 is 28.7 Å². The molecule has 0 saturated heterocycles. The summed E-state index contributed by atoms with van der Waals surface area (Å²) in [5.74, 6) is 1.19. The number of H-pyrrole nitrogens is 1. The third-order valence-electron chi connectivity index (χ3n) is 1.74. The SMILES string of the molecule is IN1CCCc2cn[nH]c21. The van der Waals surface area contributed by atoms with Crippen molar-refractivity contribution in [3.8, 4) is 0 Å². The van der Waals surface area contributed by atoms with Gasteiger partial charge >= 0.3 is 0 Å². The van der Waals surface area contributed by atoms with Gasteiger partial charge in [0.25, 0.3) is 0 Å². The Bertz CT molecular complexity index is 233. The molecule has 0 aliphatic carbocycles.